The molecule has 0 amide bonds. The Morgan fingerprint density at radius 1 is 1.21 bits per heavy atom. The topological polar surface area (TPSA) is 55.4 Å². The first-order valence-corrected chi connectivity index (χ1v) is 8.20. The second-order valence-electron chi connectivity index (χ2n) is 4.81. The van der Waals surface area contributed by atoms with Crippen molar-refractivity contribution in [1.82, 2.24) is 5.32 Å². The number of hydrogen-bond acceptors (Lipinski definition) is 4. The highest BCUT2D eigenvalue weighted by atomic mass is 32.2. The summed E-state index contributed by atoms with van der Waals surface area (Å²) in [5.41, 5.74) is 1.03. The van der Waals surface area contributed by atoms with Gasteiger partial charge in [-0.2, -0.15) is 0 Å². The molecular weight excluding hydrogens is 262 g/mol. The zero-order chi connectivity index (χ0) is 14.5. The van der Waals surface area contributed by atoms with Gasteiger partial charge in [-0.25, -0.2) is 8.42 Å². The van der Waals surface area contributed by atoms with Gasteiger partial charge in [-0.05, 0) is 33.9 Å². The molecule has 1 aromatic carbocycles. The lowest BCUT2D eigenvalue weighted by Crippen LogP contribution is -2.22. The van der Waals surface area contributed by atoms with Crippen LogP contribution < -0.4 is 10.1 Å². The van der Waals surface area contributed by atoms with Crippen molar-refractivity contribution in [3.8, 4) is 5.75 Å². The molecule has 0 saturated carbocycles. The molecule has 0 aliphatic heterocycles. The molecule has 19 heavy (non-hydrogen) atoms. The first-order valence-electron chi connectivity index (χ1n) is 6.49. The maximum absolute atomic E-state index is 11.7. The van der Waals surface area contributed by atoms with Gasteiger partial charge in [0.2, 0.25) is 0 Å². The Morgan fingerprint density at radius 3 is 2.42 bits per heavy atom. The average Bonchev–Trinajstić information content (AvgIpc) is 2.38. The van der Waals surface area contributed by atoms with Crippen LogP contribution in [-0.2, 0) is 9.84 Å². The summed E-state index contributed by atoms with van der Waals surface area (Å²) < 4.78 is 29.0. The number of ether oxygens (including phenoxy) is 1. The molecule has 0 spiro atoms. The lowest BCUT2D eigenvalue weighted by molar-refractivity contribution is 0.333. The van der Waals surface area contributed by atoms with Crippen LogP contribution in [0, 0.1) is 0 Å². The van der Waals surface area contributed by atoms with Crippen LogP contribution in [0.1, 0.15) is 32.4 Å². The molecule has 1 N–H and O–H groups in total. The van der Waals surface area contributed by atoms with Crippen molar-refractivity contribution in [3.63, 3.8) is 0 Å². The van der Waals surface area contributed by atoms with Gasteiger partial charge in [0, 0.05) is 11.6 Å². The van der Waals surface area contributed by atoms with Gasteiger partial charge in [-0.15, -0.1) is 0 Å². The molecule has 0 bridgehead atoms. The van der Waals surface area contributed by atoms with Gasteiger partial charge in [0.25, 0.3) is 0 Å². The molecule has 4 nitrogen and oxygen atoms in total. The second-order valence-corrected chi connectivity index (χ2v) is 7.49. The van der Waals surface area contributed by atoms with E-state index in [0.29, 0.717) is 0 Å². The number of hydrogen-bond donors (Lipinski definition) is 1. The van der Waals surface area contributed by atoms with E-state index < -0.39 is 9.84 Å². The molecule has 5 heteroatoms. The Morgan fingerprint density at radius 2 is 1.84 bits per heavy atom. The molecule has 1 unspecified atom stereocenters. The van der Waals surface area contributed by atoms with Gasteiger partial charge in [-0.1, -0.05) is 18.2 Å². The quantitative estimate of drug-likeness (QED) is 0.834. The van der Waals surface area contributed by atoms with Crippen molar-refractivity contribution in [2.75, 3.05) is 19.4 Å². The van der Waals surface area contributed by atoms with Gasteiger partial charge in [0.15, 0.2) is 9.84 Å². The lowest BCUT2D eigenvalue weighted by atomic mass is 10.1. The average molecular weight is 285 g/mol. The fourth-order valence-electron chi connectivity index (χ4n) is 1.63. The van der Waals surface area contributed by atoms with Crippen molar-refractivity contribution in [2.24, 2.45) is 0 Å². The second kappa shape index (κ2) is 6.91. The predicted molar refractivity (Wildman–Crippen MR) is 78.3 cm³/mol. The van der Waals surface area contributed by atoms with E-state index >= 15 is 0 Å². The van der Waals surface area contributed by atoms with Crippen LogP contribution in [0.15, 0.2) is 24.3 Å². The van der Waals surface area contributed by atoms with Gasteiger partial charge in [-0.3, -0.25) is 0 Å². The van der Waals surface area contributed by atoms with Crippen molar-refractivity contribution in [3.05, 3.63) is 29.8 Å². The van der Waals surface area contributed by atoms with Gasteiger partial charge >= 0.3 is 0 Å². The van der Waals surface area contributed by atoms with Crippen LogP contribution in [0.4, 0.5) is 0 Å². The summed E-state index contributed by atoms with van der Waals surface area (Å²) in [4.78, 5) is 0. The van der Waals surface area contributed by atoms with Crippen molar-refractivity contribution in [2.45, 2.75) is 32.1 Å². The lowest BCUT2D eigenvalue weighted by Gasteiger charge is -2.16. The van der Waals surface area contributed by atoms with E-state index in [2.05, 4.69) is 5.32 Å². The molecule has 0 saturated heterocycles. The third-order valence-electron chi connectivity index (χ3n) is 3.16. The van der Waals surface area contributed by atoms with Crippen molar-refractivity contribution >= 4 is 9.84 Å². The normalized spacial score (nSPS) is 13.5. The standard InChI is InChI=1S/C14H23NO3S/c1-11(2)19(16,17)10-9-18-14-8-6-5-7-13(14)12(3)15-4/h5-8,11-12,15H,9-10H2,1-4H3. The zero-order valence-corrected chi connectivity index (χ0v) is 12.8. The Labute approximate surface area is 116 Å². The van der Waals surface area contributed by atoms with Crippen molar-refractivity contribution in [1.29, 1.82) is 0 Å². The van der Waals surface area contributed by atoms with E-state index in [0.717, 1.165) is 11.3 Å². The van der Waals surface area contributed by atoms with Crippen LogP contribution in [0.3, 0.4) is 0 Å². The summed E-state index contributed by atoms with van der Waals surface area (Å²) in [7, 11) is -1.17. The van der Waals surface area contributed by atoms with E-state index in [1.807, 2.05) is 38.2 Å². The largest absolute Gasteiger partial charge is 0.492 e. The van der Waals surface area contributed by atoms with Crippen LogP contribution in [0.2, 0.25) is 0 Å². The first-order chi connectivity index (χ1) is 8.88. The summed E-state index contributed by atoms with van der Waals surface area (Å²) in [6, 6.07) is 7.84. The maximum Gasteiger partial charge on any atom is 0.155 e. The third kappa shape index (κ3) is 4.51. The Hall–Kier alpha value is -1.07. The van der Waals surface area contributed by atoms with E-state index in [1.165, 1.54) is 0 Å². The molecule has 108 valence electrons. The SMILES string of the molecule is CNC(C)c1ccccc1OCCS(=O)(=O)C(C)C. The molecule has 0 aliphatic rings. The predicted octanol–water partition coefficient (Wildman–Crippen LogP) is 2.17. The molecule has 0 radical (unpaired) electrons. The molecule has 0 aliphatic carbocycles. The molecule has 0 heterocycles. The van der Waals surface area contributed by atoms with Crippen molar-refractivity contribution < 1.29 is 13.2 Å². The number of sulfone groups is 1. The number of nitrogens with one attached hydrogen (secondary N) is 1. The summed E-state index contributed by atoms with van der Waals surface area (Å²) in [5, 5.41) is 2.79. The monoisotopic (exact) mass is 285 g/mol. The molecule has 1 atom stereocenters. The van der Waals surface area contributed by atoms with Crippen LogP contribution in [0.25, 0.3) is 0 Å². The van der Waals surface area contributed by atoms with Gasteiger partial charge in [0.05, 0.1) is 11.0 Å². The number of rotatable bonds is 7. The van der Waals surface area contributed by atoms with Gasteiger partial charge < -0.3 is 10.1 Å². The Bertz CT molecular complexity index is 497. The van der Waals surface area contributed by atoms with E-state index in [-0.39, 0.29) is 23.7 Å². The summed E-state index contributed by atoms with van der Waals surface area (Å²) in [6.45, 7) is 5.60. The van der Waals surface area contributed by atoms with E-state index in [9.17, 15) is 8.42 Å². The zero-order valence-electron chi connectivity index (χ0n) is 12.0. The van der Waals surface area contributed by atoms with Crippen LogP contribution in [-0.4, -0.2) is 33.1 Å². The molecular formula is C14H23NO3S. The molecule has 1 aromatic rings. The van der Waals surface area contributed by atoms with E-state index in [4.69, 9.17) is 4.74 Å². The van der Waals surface area contributed by atoms with Crippen LogP contribution >= 0.6 is 0 Å². The summed E-state index contributed by atoms with van der Waals surface area (Å²) in [6.07, 6.45) is 0. The van der Waals surface area contributed by atoms with Crippen LogP contribution in [0.5, 0.6) is 5.75 Å². The Kier molecular flexibility index (Phi) is 5.82. The minimum Gasteiger partial charge on any atom is -0.492 e. The minimum absolute atomic E-state index is 0.0485. The number of para-hydroxylation sites is 1. The smallest absolute Gasteiger partial charge is 0.155 e. The van der Waals surface area contributed by atoms with E-state index in [1.54, 1.807) is 13.8 Å². The summed E-state index contributed by atoms with van der Waals surface area (Å²) >= 11 is 0. The fraction of sp³-hybridized carbons (Fsp3) is 0.571. The first kappa shape index (κ1) is 16.0. The fourth-order valence-corrected chi connectivity index (χ4v) is 2.42. The highest BCUT2D eigenvalue weighted by molar-refractivity contribution is 7.91. The molecule has 0 fully saturated rings. The molecule has 0 aromatic heterocycles. The molecule has 1 rings (SSSR count). The summed E-state index contributed by atoms with van der Waals surface area (Å²) in [5.74, 6) is 0.788. The highest BCUT2D eigenvalue weighted by Gasteiger charge is 2.16. The number of benzene rings is 1. The van der Waals surface area contributed by atoms with Gasteiger partial charge in [0.1, 0.15) is 12.4 Å². The maximum atomic E-state index is 11.7. The highest BCUT2D eigenvalue weighted by Crippen LogP contribution is 2.24. The Balaban J connectivity index is 2.69. The minimum atomic E-state index is -3.05. The third-order valence-corrected chi connectivity index (χ3v) is 5.33.